The minimum absolute atomic E-state index is 0.0805. The predicted molar refractivity (Wildman–Crippen MR) is 49.5 cm³/mol. The van der Waals surface area contributed by atoms with E-state index >= 15 is 0 Å². The molecular weight excluding hydrogens is 194 g/mol. The summed E-state index contributed by atoms with van der Waals surface area (Å²) in [5, 5.41) is 9.99. The first-order valence-corrected chi connectivity index (χ1v) is 5.59. The van der Waals surface area contributed by atoms with E-state index in [9.17, 15) is 13.2 Å². The van der Waals surface area contributed by atoms with Crippen molar-refractivity contribution >= 4 is 15.9 Å². The standard InChI is InChI=1S/C6H15N3O3S/c1-8-6(10)2-3-9-4-5-13(7,11)12/h9H,2-5H2,1H3,(H,8,10)(H2,7,11,12). The van der Waals surface area contributed by atoms with Gasteiger partial charge in [-0.05, 0) is 0 Å². The number of carbonyl (C=O) groups is 1. The molecule has 0 aliphatic carbocycles. The molecule has 0 aromatic carbocycles. The number of nitrogens with two attached hydrogens (primary N) is 1. The molecule has 0 bridgehead atoms. The van der Waals surface area contributed by atoms with Crippen LogP contribution in [0.15, 0.2) is 0 Å². The van der Waals surface area contributed by atoms with Gasteiger partial charge in [-0.25, -0.2) is 13.6 Å². The van der Waals surface area contributed by atoms with Crippen molar-refractivity contribution in [2.45, 2.75) is 6.42 Å². The van der Waals surface area contributed by atoms with Crippen LogP contribution in [-0.2, 0) is 14.8 Å². The molecule has 0 fully saturated rings. The molecule has 0 saturated carbocycles. The van der Waals surface area contributed by atoms with Gasteiger partial charge in [0, 0.05) is 26.6 Å². The predicted octanol–water partition coefficient (Wildman–Crippen LogP) is -2.00. The summed E-state index contributed by atoms with van der Waals surface area (Å²) < 4.78 is 20.9. The average Bonchev–Trinajstić information content (AvgIpc) is 2.01. The van der Waals surface area contributed by atoms with Gasteiger partial charge < -0.3 is 10.6 Å². The van der Waals surface area contributed by atoms with Gasteiger partial charge in [0.25, 0.3) is 0 Å². The lowest BCUT2D eigenvalue weighted by molar-refractivity contribution is -0.120. The highest BCUT2D eigenvalue weighted by Gasteiger charge is 2.01. The van der Waals surface area contributed by atoms with Crippen molar-refractivity contribution < 1.29 is 13.2 Å². The molecule has 0 atom stereocenters. The van der Waals surface area contributed by atoms with Crippen molar-refractivity contribution in [3.63, 3.8) is 0 Å². The molecule has 6 nitrogen and oxygen atoms in total. The van der Waals surface area contributed by atoms with Crippen molar-refractivity contribution in [1.29, 1.82) is 0 Å². The van der Waals surface area contributed by atoms with E-state index < -0.39 is 10.0 Å². The maximum absolute atomic E-state index is 10.7. The second-order valence-electron chi connectivity index (χ2n) is 2.54. The lowest BCUT2D eigenvalue weighted by Gasteiger charge is -2.02. The Balaban J connectivity index is 3.33. The number of nitrogens with one attached hydrogen (secondary N) is 2. The fourth-order valence-electron chi connectivity index (χ4n) is 0.666. The van der Waals surface area contributed by atoms with Crippen LogP contribution in [-0.4, -0.2) is 40.2 Å². The second kappa shape index (κ2) is 5.90. The Kier molecular flexibility index (Phi) is 5.60. The number of primary sulfonamides is 1. The SMILES string of the molecule is CNC(=O)CCNCCS(N)(=O)=O. The Labute approximate surface area is 77.9 Å². The molecule has 0 radical (unpaired) electrons. The minimum atomic E-state index is -3.39. The summed E-state index contributed by atoms with van der Waals surface area (Å²) in [4.78, 5) is 10.7. The van der Waals surface area contributed by atoms with Crippen LogP contribution >= 0.6 is 0 Å². The summed E-state index contributed by atoms with van der Waals surface area (Å²) in [7, 11) is -1.85. The zero-order valence-electron chi connectivity index (χ0n) is 7.54. The first kappa shape index (κ1) is 12.3. The van der Waals surface area contributed by atoms with Crippen molar-refractivity contribution in [3.8, 4) is 0 Å². The van der Waals surface area contributed by atoms with Gasteiger partial charge in [-0.15, -0.1) is 0 Å². The summed E-state index contributed by atoms with van der Waals surface area (Å²) >= 11 is 0. The molecule has 78 valence electrons. The van der Waals surface area contributed by atoms with E-state index in [2.05, 4.69) is 10.6 Å². The quantitative estimate of drug-likeness (QED) is 0.440. The maximum Gasteiger partial charge on any atom is 0.221 e. The monoisotopic (exact) mass is 209 g/mol. The molecule has 0 aliphatic heterocycles. The minimum Gasteiger partial charge on any atom is -0.359 e. The number of carbonyl (C=O) groups excluding carboxylic acids is 1. The second-order valence-corrected chi connectivity index (χ2v) is 4.27. The highest BCUT2D eigenvalue weighted by molar-refractivity contribution is 7.89. The number of hydrogen-bond acceptors (Lipinski definition) is 4. The Bertz CT molecular complexity index is 250. The van der Waals surface area contributed by atoms with E-state index in [4.69, 9.17) is 5.14 Å². The smallest absolute Gasteiger partial charge is 0.221 e. The fraction of sp³-hybridized carbons (Fsp3) is 0.833. The Hall–Kier alpha value is -0.660. The topological polar surface area (TPSA) is 101 Å². The zero-order chi connectivity index (χ0) is 10.3. The molecule has 0 aromatic rings. The van der Waals surface area contributed by atoms with E-state index in [0.717, 1.165) is 0 Å². The molecule has 0 rings (SSSR count). The molecule has 13 heavy (non-hydrogen) atoms. The number of rotatable bonds is 6. The number of hydrogen-bond donors (Lipinski definition) is 3. The summed E-state index contributed by atoms with van der Waals surface area (Å²) in [5.41, 5.74) is 0. The molecule has 4 N–H and O–H groups in total. The molecule has 1 amide bonds. The molecule has 0 aliphatic rings. The molecule has 0 spiro atoms. The number of amides is 1. The maximum atomic E-state index is 10.7. The normalized spacial score (nSPS) is 11.2. The van der Waals surface area contributed by atoms with Gasteiger partial charge in [0.05, 0.1) is 5.75 Å². The van der Waals surface area contributed by atoms with E-state index in [0.29, 0.717) is 13.0 Å². The molecule has 0 saturated heterocycles. The van der Waals surface area contributed by atoms with Gasteiger partial charge in [0.1, 0.15) is 0 Å². The van der Waals surface area contributed by atoms with E-state index in [1.54, 1.807) is 7.05 Å². The van der Waals surface area contributed by atoms with Crippen molar-refractivity contribution in [3.05, 3.63) is 0 Å². The van der Waals surface area contributed by atoms with Crippen LogP contribution in [0.3, 0.4) is 0 Å². The number of sulfonamides is 1. The third-order valence-electron chi connectivity index (χ3n) is 1.37. The van der Waals surface area contributed by atoms with Crippen LogP contribution in [0.4, 0.5) is 0 Å². The van der Waals surface area contributed by atoms with E-state index in [-0.39, 0.29) is 18.2 Å². The fourth-order valence-corrected chi connectivity index (χ4v) is 1.10. The largest absolute Gasteiger partial charge is 0.359 e. The third kappa shape index (κ3) is 9.25. The van der Waals surface area contributed by atoms with Crippen LogP contribution in [0, 0.1) is 0 Å². The van der Waals surface area contributed by atoms with Crippen LogP contribution in [0.2, 0.25) is 0 Å². The highest BCUT2D eigenvalue weighted by Crippen LogP contribution is 1.77. The van der Waals surface area contributed by atoms with Gasteiger partial charge in [-0.2, -0.15) is 0 Å². The first-order valence-electron chi connectivity index (χ1n) is 3.87. The summed E-state index contributed by atoms with van der Waals surface area (Å²) in [6.07, 6.45) is 0.334. The lowest BCUT2D eigenvalue weighted by Crippen LogP contribution is -2.30. The van der Waals surface area contributed by atoms with Crippen LogP contribution in [0.1, 0.15) is 6.42 Å². The van der Waals surface area contributed by atoms with Crippen LogP contribution in [0.5, 0.6) is 0 Å². The van der Waals surface area contributed by atoms with Crippen LogP contribution in [0.25, 0.3) is 0 Å². The van der Waals surface area contributed by atoms with Crippen molar-refractivity contribution in [2.75, 3.05) is 25.9 Å². The van der Waals surface area contributed by atoms with Gasteiger partial charge >= 0.3 is 0 Å². The van der Waals surface area contributed by atoms with E-state index in [1.807, 2.05) is 0 Å². The van der Waals surface area contributed by atoms with Crippen molar-refractivity contribution in [2.24, 2.45) is 5.14 Å². The molecule has 0 heterocycles. The highest BCUT2D eigenvalue weighted by atomic mass is 32.2. The zero-order valence-corrected chi connectivity index (χ0v) is 8.36. The average molecular weight is 209 g/mol. The lowest BCUT2D eigenvalue weighted by atomic mass is 10.4. The van der Waals surface area contributed by atoms with Gasteiger partial charge in [-0.1, -0.05) is 0 Å². The van der Waals surface area contributed by atoms with E-state index in [1.165, 1.54) is 0 Å². The molecular formula is C6H15N3O3S. The molecule has 0 aromatic heterocycles. The Morgan fingerprint density at radius 3 is 2.46 bits per heavy atom. The summed E-state index contributed by atoms with van der Waals surface area (Å²) in [6, 6.07) is 0. The molecule has 0 unspecified atom stereocenters. The van der Waals surface area contributed by atoms with Crippen LogP contribution < -0.4 is 15.8 Å². The summed E-state index contributed by atoms with van der Waals surface area (Å²) in [5.74, 6) is -0.191. The molecule has 7 heteroatoms. The first-order chi connectivity index (χ1) is 5.95. The summed E-state index contributed by atoms with van der Waals surface area (Å²) in [6.45, 7) is 0.727. The third-order valence-corrected chi connectivity index (χ3v) is 2.14. The van der Waals surface area contributed by atoms with Crippen molar-refractivity contribution in [1.82, 2.24) is 10.6 Å². The van der Waals surface area contributed by atoms with Gasteiger partial charge in [0.2, 0.25) is 15.9 Å². The Morgan fingerprint density at radius 2 is 2.00 bits per heavy atom. The van der Waals surface area contributed by atoms with Gasteiger partial charge in [-0.3, -0.25) is 4.79 Å². The Morgan fingerprint density at radius 1 is 1.38 bits per heavy atom. The van der Waals surface area contributed by atoms with Gasteiger partial charge in [0.15, 0.2) is 0 Å².